The van der Waals surface area contributed by atoms with Gasteiger partial charge in [0, 0.05) is 50.8 Å². The summed E-state index contributed by atoms with van der Waals surface area (Å²) in [5.41, 5.74) is 1.39. The average Bonchev–Trinajstić information content (AvgIpc) is 3.96. The molecule has 0 atom stereocenters. The molecular formula is C33H31N7O8S2. The van der Waals surface area contributed by atoms with Gasteiger partial charge in [0.1, 0.15) is 5.76 Å². The van der Waals surface area contributed by atoms with Crippen LogP contribution in [0.1, 0.15) is 66.3 Å². The van der Waals surface area contributed by atoms with Gasteiger partial charge in [0.25, 0.3) is 23.6 Å². The Hall–Kier alpha value is -5.81. The summed E-state index contributed by atoms with van der Waals surface area (Å²) >= 11 is 2.96. The smallest absolute Gasteiger partial charge is 0.289 e. The molecule has 0 unspecified atom stereocenters. The Labute approximate surface area is 292 Å². The van der Waals surface area contributed by atoms with E-state index >= 15 is 0 Å². The fraction of sp³-hybridized carbons (Fsp3) is 0.242. The number of nitrogens with one attached hydrogen (secondary N) is 4. The minimum absolute atomic E-state index is 0.124. The Morgan fingerprint density at radius 2 is 1.28 bits per heavy atom. The van der Waals surface area contributed by atoms with E-state index in [1.165, 1.54) is 34.9 Å². The Kier molecular flexibility index (Phi) is 11.3. The molecule has 0 aliphatic rings. The predicted octanol–water partition coefficient (Wildman–Crippen LogP) is 4.59. The Morgan fingerprint density at radius 3 is 1.90 bits per heavy atom. The lowest BCUT2D eigenvalue weighted by molar-refractivity contribution is 0.0908. The highest BCUT2D eigenvalue weighted by Crippen LogP contribution is 2.29. The fourth-order valence-electron chi connectivity index (χ4n) is 4.63. The number of rotatable bonds is 17. The Morgan fingerprint density at radius 1 is 0.640 bits per heavy atom. The van der Waals surface area contributed by atoms with E-state index < -0.39 is 0 Å². The van der Waals surface area contributed by atoms with E-state index in [1.807, 2.05) is 29.0 Å². The van der Waals surface area contributed by atoms with Gasteiger partial charge in [-0.05, 0) is 59.9 Å². The molecule has 0 spiro atoms. The van der Waals surface area contributed by atoms with Gasteiger partial charge in [0.05, 0.1) is 16.0 Å². The molecule has 6 rings (SSSR count). The topological polar surface area (TPSA) is 208 Å². The number of amides is 4. The first-order valence-electron chi connectivity index (χ1n) is 15.6. The summed E-state index contributed by atoms with van der Waals surface area (Å²) in [5.74, 6) is 0.584. The molecule has 4 N–H and O–H groups in total. The molecule has 0 fully saturated rings. The van der Waals surface area contributed by atoms with Gasteiger partial charge < -0.3 is 39.3 Å². The van der Waals surface area contributed by atoms with Gasteiger partial charge in [-0.1, -0.05) is 21.5 Å². The van der Waals surface area contributed by atoms with Crippen molar-refractivity contribution in [3.8, 4) is 21.3 Å². The van der Waals surface area contributed by atoms with Crippen molar-refractivity contribution in [2.75, 3.05) is 26.2 Å². The van der Waals surface area contributed by atoms with Gasteiger partial charge in [-0.3, -0.25) is 19.2 Å². The quantitative estimate of drug-likeness (QED) is 0.0960. The molecule has 0 radical (unpaired) electrons. The van der Waals surface area contributed by atoms with Crippen LogP contribution in [-0.2, 0) is 12.8 Å². The van der Waals surface area contributed by atoms with Gasteiger partial charge >= 0.3 is 0 Å². The van der Waals surface area contributed by atoms with E-state index in [1.54, 1.807) is 24.3 Å². The predicted molar refractivity (Wildman–Crippen MR) is 181 cm³/mol. The van der Waals surface area contributed by atoms with E-state index in [4.69, 9.17) is 18.0 Å². The molecule has 6 aromatic heterocycles. The summed E-state index contributed by atoms with van der Waals surface area (Å²) in [6.45, 7) is 1.38. The summed E-state index contributed by atoms with van der Waals surface area (Å²) in [6, 6.07) is 13.8. The monoisotopic (exact) mass is 717 g/mol. The van der Waals surface area contributed by atoms with Crippen LogP contribution in [0.25, 0.3) is 21.3 Å². The van der Waals surface area contributed by atoms with Gasteiger partial charge in [0.2, 0.25) is 5.76 Å². The second-order valence-corrected chi connectivity index (χ2v) is 12.7. The third-order valence-corrected chi connectivity index (χ3v) is 9.08. The van der Waals surface area contributed by atoms with Crippen LogP contribution < -0.4 is 21.3 Å². The highest BCUT2D eigenvalue weighted by atomic mass is 32.1. The van der Waals surface area contributed by atoms with E-state index in [0.717, 1.165) is 15.3 Å². The number of carbonyl (C=O) groups excluding carboxylic acids is 4. The number of carbonyl (C=O) groups is 4. The standard InChI is InChI=1S/C33H31N7O8S2/c41-30(22-17-26(47-39-22)28-4-1-15-49-28)34-10-2-12-36-32(43)24-8-7-21(45-24)6-5-20-16-29(50-19-20)27-18-23(40-48-27)31(42)35-11-3-13-37-33(44)25-9-14-38-46-25/h1,4,7-9,14-19H,2-3,5-6,10-13H2,(H,34,41)(H,35,42)(H,36,43)(H,37,44). The highest BCUT2D eigenvalue weighted by Gasteiger charge is 2.17. The van der Waals surface area contributed by atoms with Crippen LogP contribution in [0.3, 0.4) is 0 Å². The fourth-order valence-corrected chi connectivity index (χ4v) is 6.20. The number of furan rings is 1. The third kappa shape index (κ3) is 9.00. The van der Waals surface area contributed by atoms with Crippen molar-refractivity contribution in [2.45, 2.75) is 25.7 Å². The number of aryl methyl sites for hydroxylation is 2. The summed E-state index contributed by atoms with van der Waals surface area (Å²) in [5, 5.41) is 26.1. The van der Waals surface area contributed by atoms with Gasteiger partial charge in [-0.25, -0.2) is 0 Å². The normalized spacial score (nSPS) is 11.0. The number of hydrogen-bond acceptors (Lipinski definition) is 13. The van der Waals surface area contributed by atoms with E-state index in [9.17, 15) is 19.2 Å². The lowest BCUT2D eigenvalue weighted by atomic mass is 10.1. The van der Waals surface area contributed by atoms with Gasteiger partial charge in [-0.2, -0.15) is 0 Å². The van der Waals surface area contributed by atoms with Crippen molar-refractivity contribution in [3.63, 3.8) is 0 Å². The maximum Gasteiger partial charge on any atom is 0.289 e. The molecule has 4 amide bonds. The zero-order valence-electron chi connectivity index (χ0n) is 26.4. The number of nitrogens with zero attached hydrogens (tertiary/aromatic N) is 3. The largest absolute Gasteiger partial charge is 0.456 e. The van der Waals surface area contributed by atoms with Crippen LogP contribution in [-0.4, -0.2) is 65.3 Å². The molecule has 0 bridgehead atoms. The third-order valence-electron chi connectivity index (χ3n) is 7.20. The average molecular weight is 718 g/mol. The molecule has 258 valence electrons. The Bertz CT molecular complexity index is 2020. The first-order chi connectivity index (χ1) is 24.4. The molecule has 6 aromatic rings. The molecule has 15 nitrogen and oxygen atoms in total. The summed E-state index contributed by atoms with van der Waals surface area (Å²) in [6.07, 6.45) is 3.66. The minimum Gasteiger partial charge on any atom is -0.456 e. The molecule has 0 saturated carbocycles. The lowest BCUT2D eigenvalue weighted by Gasteiger charge is -2.04. The van der Waals surface area contributed by atoms with Crippen LogP contribution in [0.4, 0.5) is 0 Å². The molecule has 0 aromatic carbocycles. The summed E-state index contributed by atoms with van der Waals surface area (Å²) < 4.78 is 21.2. The summed E-state index contributed by atoms with van der Waals surface area (Å²) in [7, 11) is 0. The second-order valence-electron chi connectivity index (χ2n) is 10.8. The van der Waals surface area contributed by atoms with Crippen LogP contribution in [0.5, 0.6) is 0 Å². The van der Waals surface area contributed by atoms with Crippen molar-refractivity contribution in [1.82, 2.24) is 36.7 Å². The lowest BCUT2D eigenvalue weighted by Crippen LogP contribution is -2.29. The molecule has 17 heteroatoms. The van der Waals surface area contributed by atoms with Crippen molar-refractivity contribution >= 4 is 46.3 Å². The molecule has 0 saturated heterocycles. The van der Waals surface area contributed by atoms with E-state index in [2.05, 4.69) is 36.7 Å². The van der Waals surface area contributed by atoms with Crippen LogP contribution in [0.2, 0.25) is 0 Å². The molecule has 50 heavy (non-hydrogen) atoms. The van der Waals surface area contributed by atoms with Crippen LogP contribution >= 0.6 is 22.7 Å². The van der Waals surface area contributed by atoms with Crippen LogP contribution in [0.15, 0.2) is 83.5 Å². The number of hydrogen-bond donors (Lipinski definition) is 4. The zero-order valence-corrected chi connectivity index (χ0v) is 28.1. The molecule has 6 heterocycles. The first-order valence-corrected chi connectivity index (χ1v) is 17.4. The number of aromatic nitrogens is 3. The maximum absolute atomic E-state index is 12.6. The molecule has 0 aliphatic heterocycles. The molecule has 0 aliphatic carbocycles. The summed E-state index contributed by atoms with van der Waals surface area (Å²) in [4.78, 5) is 50.9. The van der Waals surface area contributed by atoms with Crippen molar-refractivity contribution in [1.29, 1.82) is 0 Å². The van der Waals surface area contributed by atoms with Crippen LogP contribution in [0, 0.1) is 0 Å². The Balaban J connectivity index is 0.866. The highest BCUT2D eigenvalue weighted by molar-refractivity contribution is 7.13. The van der Waals surface area contributed by atoms with E-state index in [-0.39, 0.29) is 46.5 Å². The van der Waals surface area contributed by atoms with Crippen molar-refractivity contribution < 1.29 is 37.2 Å². The van der Waals surface area contributed by atoms with Crippen molar-refractivity contribution in [2.24, 2.45) is 0 Å². The van der Waals surface area contributed by atoms with Gasteiger partial charge in [0.15, 0.2) is 28.7 Å². The maximum atomic E-state index is 12.6. The first kappa shape index (κ1) is 34.1. The zero-order chi connectivity index (χ0) is 34.7. The second kappa shape index (κ2) is 16.5. The minimum atomic E-state index is -0.380. The SMILES string of the molecule is O=C(NCCCNC(=O)c1ccno1)c1cc(-c2cc(CCc3ccc(C(=O)NCCCNC(=O)c4cc(-c5cccs5)on4)o3)cs2)on1. The van der Waals surface area contributed by atoms with Gasteiger partial charge in [-0.15, -0.1) is 22.7 Å². The molecular weight excluding hydrogens is 687 g/mol. The van der Waals surface area contributed by atoms with Crippen molar-refractivity contribution in [3.05, 3.63) is 99.7 Å². The van der Waals surface area contributed by atoms with E-state index in [0.29, 0.717) is 69.1 Å². The number of thiophene rings is 2.